The van der Waals surface area contributed by atoms with Crippen molar-refractivity contribution < 1.29 is 4.74 Å². The van der Waals surface area contributed by atoms with E-state index in [1.54, 1.807) is 0 Å². The standard InChI is InChI=1S/C10H21NO/c1-5-6-11-7-8(2)12-10(4)9(11)3/h8-10H,5-7H2,1-4H3. The van der Waals surface area contributed by atoms with E-state index < -0.39 is 0 Å². The Labute approximate surface area is 75.9 Å². The van der Waals surface area contributed by atoms with Crippen LogP contribution in [0.1, 0.15) is 34.1 Å². The molecule has 3 unspecified atom stereocenters. The fraction of sp³-hybridized carbons (Fsp3) is 1.00. The lowest BCUT2D eigenvalue weighted by Gasteiger charge is -2.41. The summed E-state index contributed by atoms with van der Waals surface area (Å²) in [5.41, 5.74) is 0. The zero-order valence-corrected chi connectivity index (χ0v) is 8.71. The highest BCUT2D eigenvalue weighted by molar-refractivity contribution is 4.80. The average Bonchev–Trinajstić information content (AvgIpc) is 2.00. The van der Waals surface area contributed by atoms with E-state index in [4.69, 9.17) is 4.74 Å². The van der Waals surface area contributed by atoms with Crippen molar-refractivity contribution in [1.29, 1.82) is 0 Å². The van der Waals surface area contributed by atoms with Crippen LogP contribution >= 0.6 is 0 Å². The molecule has 0 aromatic rings. The number of rotatable bonds is 2. The Morgan fingerprint density at radius 1 is 1.33 bits per heavy atom. The molecule has 0 saturated carbocycles. The van der Waals surface area contributed by atoms with E-state index in [-0.39, 0.29) is 0 Å². The highest BCUT2D eigenvalue weighted by atomic mass is 16.5. The summed E-state index contributed by atoms with van der Waals surface area (Å²) in [4.78, 5) is 2.53. The summed E-state index contributed by atoms with van der Waals surface area (Å²) in [6.45, 7) is 11.1. The first kappa shape index (κ1) is 10.0. The lowest BCUT2D eigenvalue weighted by atomic mass is 10.1. The zero-order valence-electron chi connectivity index (χ0n) is 8.71. The summed E-state index contributed by atoms with van der Waals surface area (Å²) < 4.78 is 5.73. The predicted molar refractivity (Wildman–Crippen MR) is 51.3 cm³/mol. The average molecular weight is 171 g/mol. The summed E-state index contributed by atoms with van der Waals surface area (Å²) in [6.07, 6.45) is 2.03. The highest BCUT2D eigenvalue weighted by Crippen LogP contribution is 2.17. The van der Waals surface area contributed by atoms with E-state index in [0.29, 0.717) is 18.2 Å². The van der Waals surface area contributed by atoms with Gasteiger partial charge < -0.3 is 4.74 Å². The number of nitrogens with zero attached hydrogens (tertiary/aromatic N) is 1. The molecule has 72 valence electrons. The third kappa shape index (κ3) is 2.20. The van der Waals surface area contributed by atoms with Crippen LogP contribution in [0.4, 0.5) is 0 Å². The van der Waals surface area contributed by atoms with Gasteiger partial charge >= 0.3 is 0 Å². The van der Waals surface area contributed by atoms with Crippen LogP contribution in [0.5, 0.6) is 0 Å². The number of ether oxygens (including phenoxy) is 1. The van der Waals surface area contributed by atoms with Crippen LogP contribution in [0.3, 0.4) is 0 Å². The molecule has 1 fully saturated rings. The Kier molecular flexibility index (Phi) is 3.53. The van der Waals surface area contributed by atoms with Crippen LogP contribution in [0, 0.1) is 0 Å². The molecule has 2 nitrogen and oxygen atoms in total. The monoisotopic (exact) mass is 171 g/mol. The smallest absolute Gasteiger partial charge is 0.0703 e. The van der Waals surface area contributed by atoms with Gasteiger partial charge in [0.15, 0.2) is 0 Å². The van der Waals surface area contributed by atoms with Gasteiger partial charge in [-0.3, -0.25) is 4.90 Å². The van der Waals surface area contributed by atoms with E-state index >= 15 is 0 Å². The molecule has 1 aliphatic heterocycles. The van der Waals surface area contributed by atoms with Gasteiger partial charge in [0.25, 0.3) is 0 Å². The van der Waals surface area contributed by atoms with Gasteiger partial charge in [0.05, 0.1) is 12.2 Å². The van der Waals surface area contributed by atoms with Gasteiger partial charge in [0.2, 0.25) is 0 Å². The van der Waals surface area contributed by atoms with Crippen molar-refractivity contribution in [3.63, 3.8) is 0 Å². The van der Waals surface area contributed by atoms with Gasteiger partial charge in [-0.2, -0.15) is 0 Å². The molecule has 1 aliphatic rings. The van der Waals surface area contributed by atoms with Crippen molar-refractivity contribution in [3.05, 3.63) is 0 Å². The van der Waals surface area contributed by atoms with Crippen molar-refractivity contribution in [2.75, 3.05) is 13.1 Å². The molecule has 12 heavy (non-hydrogen) atoms. The van der Waals surface area contributed by atoms with Crippen LogP contribution in [0.25, 0.3) is 0 Å². The molecule has 3 atom stereocenters. The second-order valence-electron chi connectivity index (χ2n) is 3.89. The van der Waals surface area contributed by atoms with Gasteiger partial charge in [-0.15, -0.1) is 0 Å². The Morgan fingerprint density at radius 3 is 2.58 bits per heavy atom. The zero-order chi connectivity index (χ0) is 9.14. The van der Waals surface area contributed by atoms with Gasteiger partial charge in [-0.25, -0.2) is 0 Å². The fourth-order valence-corrected chi connectivity index (χ4v) is 1.90. The topological polar surface area (TPSA) is 12.5 Å². The van der Waals surface area contributed by atoms with Crippen molar-refractivity contribution in [3.8, 4) is 0 Å². The molecular formula is C10H21NO. The minimum atomic E-state index is 0.389. The molecule has 0 spiro atoms. The minimum Gasteiger partial charge on any atom is -0.373 e. The maximum absolute atomic E-state index is 5.73. The van der Waals surface area contributed by atoms with Gasteiger partial charge in [0, 0.05) is 12.6 Å². The van der Waals surface area contributed by atoms with Gasteiger partial charge in [-0.1, -0.05) is 6.92 Å². The largest absolute Gasteiger partial charge is 0.373 e. The lowest BCUT2D eigenvalue weighted by molar-refractivity contribution is -0.0987. The molecule has 1 heterocycles. The number of hydrogen-bond donors (Lipinski definition) is 0. The van der Waals surface area contributed by atoms with Crippen molar-refractivity contribution in [1.82, 2.24) is 4.90 Å². The van der Waals surface area contributed by atoms with Crippen LogP contribution in [-0.2, 0) is 4.74 Å². The third-order valence-corrected chi connectivity index (χ3v) is 2.70. The first-order valence-electron chi connectivity index (χ1n) is 5.04. The summed E-state index contributed by atoms with van der Waals surface area (Å²) >= 11 is 0. The Bertz CT molecular complexity index is 138. The van der Waals surface area contributed by atoms with E-state index in [0.717, 1.165) is 6.54 Å². The molecule has 0 radical (unpaired) electrons. The van der Waals surface area contributed by atoms with Crippen LogP contribution < -0.4 is 0 Å². The summed E-state index contributed by atoms with van der Waals surface area (Å²) in [5, 5.41) is 0. The second-order valence-corrected chi connectivity index (χ2v) is 3.89. The summed E-state index contributed by atoms with van der Waals surface area (Å²) in [7, 11) is 0. The lowest BCUT2D eigenvalue weighted by Crippen LogP contribution is -2.51. The number of morpholine rings is 1. The minimum absolute atomic E-state index is 0.389. The van der Waals surface area contributed by atoms with Crippen LogP contribution in [-0.4, -0.2) is 36.2 Å². The van der Waals surface area contributed by atoms with Crippen molar-refractivity contribution >= 4 is 0 Å². The van der Waals surface area contributed by atoms with E-state index in [2.05, 4.69) is 32.6 Å². The molecule has 1 rings (SSSR count). The quantitative estimate of drug-likeness (QED) is 0.629. The van der Waals surface area contributed by atoms with Crippen molar-refractivity contribution in [2.24, 2.45) is 0 Å². The molecule has 0 amide bonds. The Morgan fingerprint density at radius 2 is 2.00 bits per heavy atom. The Balaban J connectivity index is 2.47. The van der Waals surface area contributed by atoms with E-state index in [9.17, 15) is 0 Å². The fourth-order valence-electron chi connectivity index (χ4n) is 1.90. The van der Waals surface area contributed by atoms with Crippen LogP contribution in [0.15, 0.2) is 0 Å². The normalized spacial score (nSPS) is 38.5. The first-order chi connectivity index (χ1) is 5.65. The third-order valence-electron chi connectivity index (χ3n) is 2.70. The Hall–Kier alpha value is -0.0800. The van der Waals surface area contributed by atoms with E-state index in [1.165, 1.54) is 13.0 Å². The SMILES string of the molecule is CCCN1CC(C)OC(C)C1C. The molecule has 0 N–H and O–H groups in total. The van der Waals surface area contributed by atoms with Gasteiger partial charge in [0.1, 0.15) is 0 Å². The maximum atomic E-state index is 5.73. The molecular weight excluding hydrogens is 150 g/mol. The molecule has 1 saturated heterocycles. The molecule has 0 bridgehead atoms. The first-order valence-corrected chi connectivity index (χ1v) is 5.04. The second kappa shape index (κ2) is 4.24. The molecule has 0 aliphatic carbocycles. The van der Waals surface area contributed by atoms with Crippen molar-refractivity contribution in [2.45, 2.75) is 52.4 Å². The summed E-state index contributed by atoms with van der Waals surface area (Å²) in [6, 6.07) is 0.584. The maximum Gasteiger partial charge on any atom is 0.0703 e. The van der Waals surface area contributed by atoms with Gasteiger partial charge in [-0.05, 0) is 33.7 Å². The predicted octanol–water partition coefficient (Wildman–Crippen LogP) is 1.89. The summed E-state index contributed by atoms with van der Waals surface area (Å²) in [5.74, 6) is 0. The molecule has 0 aromatic carbocycles. The molecule has 0 aromatic heterocycles. The number of hydrogen-bond acceptors (Lipinski definition) is 2. The molecule has 2 heteroatoms. The van der Waals surface area contributed by atoms with Crippen LogP contribution in [0.2, 0.25) is 0 Å². The van der Waals surface area contributed by atoms with E-state index in [1.807, 2.05) is 0 Å². The highest BCUT2D eigenvalue weighted by Gasteiger charge is 2.28.